The Bertz CT molecular complexity index is 694. The van der Waals surface area contributed by atoms with E-state index in [-0.39, 0.29) is 5.69 Å². The van der Waals surface area contributed by atoms with Gasteiger partial charge in [-0.15, -0.1) is 0 Å². The van der Waals surface area contributed by atoms with Gasteiger partial charge in [0.2, 0.25) is 0 Å². The molecule has 2 aromatic rings. The second kappa shape index (κ2) is 7.02. The van der Waals surface area contributed by atoms with Crippen molar-refractivity contribution in [3.63, 3.8) is 0 Å². The lowest BCUT2D eigenvalue weighted by molar-refractivity contribution is -0.384. The molecule has 0 saturated heterocycles. The zero-order chi connectivity index (χ0) is 17.0. The largest absolute Gasteiger partial charge is 0.479 e. The maximum absolute atomic E-state index is 10.7. The van der Waals surface area contributed by atoms with Crippen LogP contribution in [-0.2, 0) is 11.2 Å². The van der Waals surface area contributed by atoms with Gasteiger partial charge < -0.3 is 10.2 Å². The molecule has 0 aliphatic carbocycles. The van der Waals surface area contributed by atoms with Crippen molar-refractivity contribution in [2.45, 2.75) is 19.4 Å². The third-order valence-electron chi connectivity index (χ3n) is 3.72. The van der Waals surface area contributed by atoms with E-state index >= 15 is 0 Å². The lowest BCUT2D eigenvalue weighted by atomic mass is 9.94. The van der Waals surface area contributed by atoms with Gasteiger partial charge in [-0.2, -0.15) is 0 Å². The molecule has 0 aliphatic rings. The molecule has 2 rings (SSSR count). The highest BCUT2D eigenvalue weighted by Crippen LogP contribution is 2.23. The molecule has 0 spiro atoms. The Morgan fingerprint density at radius 2 is 1.57 bits per heavy atom. The maximum Gasteiger partial charge on any atom is 0.332 e. The van der Waals surface area contributed by atoms with Crippen LogP contribution in [0.4, 0.5) is 5.69 Å². The Morgan fingerprint density at radius 1 is 1.09 bits per heavy atom. The number of hydrogen-bond acceptors (Lipinski definition) is 4. The van der Waals surface area contributed by atoms with E-state index in [4.69, 9.17) is 5.11 Å². The van der Waals surface area contributed by atoms with Gasteiger partial charge in [-0.1, -0.05) is 31.2 Å². The van der Waals surface area contributed by atoms with Gasteiger partial charge in [-0.3, -0.25) is 10.1 Å². The molecule has 23 heavy (non-hydrogen) atoms. The molecule has 6 nitrogen and oxygen atoms in total. The fraction of sp³-hybridized carbons (Fsp3) is 0.235. The highest BCUT2D eigenvalue weighted by Gasteiger charge is 2.21. The molecule has 2 aromatic carbocycles. The Hall–Kier alpha value is -2.73. The number of non-ortho nitro benzene ring substituents is 1. The van der Waals surface area contributed by atoms with Gasteiger partial charge in [0.05, 0.1) is 4.92 Å². The van der Waals surface area contributed by atoms with E-state index in [9.17, 15) is 20.0 Å². The first-order valence-corrected chi connectivity index (χ1v) is 7.13. The van der Waals surface area contributed by atoms with Crippen LogP contribution in [0.3, 0.4) is 0 Å². The Morgan fingerprint density at radius 3 is 2.00 bits per heavy atom. The third kappa shape index (κ3) is 4.14. The van der Waals surface area contributed by atoms with E-state index in [0.29, 0.717) is 6.42 Å². The summed E-state index contributed by atoms with van der Waals surface area (Å²) in [7, 11) is 0. The molecule has 0 amide bonds. The number of nitro groups is 1. The molecule has 2 atom stereocenters. The summed E-state index contributed by atoms with van der Waals surface area (Å²) in [4.78, 5) is 20.9. The summed E-state index contributed by atoms with van der Waals surface area (Å²) < 4.78 is 0. The number of aliphatic hydroxyl groups excluding tert-OH is 1. The average Bonchev–Trinajstić information content (AvgIpc) is 2.54. The van der Waals surface area contributed by atoms with Gasteiger partial charge in [-0.05, 0) is 41.2 Å². The monoisotopic (exact) mass is 315 g/mol. The van der Waals surface area contributed by atoms with E-state index < -0.39 is 22.9 Å². The number of aliphatic hydroxyl groups is 1. The van der Waals surface area contributed by atoms with Crippen molar-refractivity contribution >= 4 is 11.7 Å². The SMILES string of the molecule is CC(Cc1ccc(-c2ccc([N+](=O)[O-])cc2)cc1)C(O)C(=O)O. The van der Waals surface area contributed by atoms with Gasteiger partial charge in [0.25, 0.3) is 5.69 Å². The molecular formula is C17H17NO5. The normalized spacial score (nSPS) is 13.3. The van der Waals surface area contributed by atoms with Crippen molar-refractivity contribution < 1.29 is 19.9 Å². The van der Waals surface area contributed by atoms with E-state index in [1.165, 1.54) is 12.1 Å². The molecule has 0 aliphatic heterocycles. The van der Waals surface area contributed by atoms with Crippen molar-refractivity contribution in [3.8, 4) is 11.1 Å². The number of hydrogen-bond donors (Lipinski definition) is 2. The first kappa shape index (κ1) is 16.6. The lowest BCUT2D eigenvalue weighted by Crippen LogP contribution is -2.28. The fourth-order valence-electron chi connectivity index (χ4n) is 2.34. The van der Waals surface area contributed by atoms with Crippen molar-refractivity contribution in [1.29, 1.82) is 0 Å². The van der Waals surface area contributed by atoms with Gasteiger partial charge in [0.15, 0.2) is 6.10 Å². The number of carboxylic acids is 1. The van der Waals surface area contributed by atoms with Crippen molar-refractivity contribution in [2.75, 3.05) is 0 Å². The summed E-state index contributed by atoms with van der Waals surface area (Å²) >= 11 is 0. The zero-order valence-corrected chi connectivity index (χ0v) is 12.5. The van der Waals surface area contributed by atoms with Crippen LogP contribution < -0.4 is 0 Å². The zero-order valence-electron chi connectivity index (χ0n) is 12.5. The average molecular weight is 315 g/mol. The number of carboxylic acid groups (broad SMARTS) is 1. The van der Waals surface area contributed by atoms with Crippen molar-refractivity contribution in [1.82, 2.24) is 0 Å². The number of nitro benzene ring substituents is 1. The van der Waals surface area contributed by atoms with Crippen LogP contribution in [0.15, 0.2) is 48.5 Å². The van der Waals surface area contributed by atoms with Crippen LogP contribution >= 0.6 is 0 Å². The number of nitrogens with zero attached hydrogens (tertiary/aromatic N) is 1. The number of benzene rings is 2. The molecule has 0 radical (unpaired) electrons. The molecular weight excluding hydrogens is 298 g/mol. The van der Waals surface area contributed by atoms with Crippen LogP contribution in [0.1, 0.15) is 12.5 Å². The Balaban J connectivity index is 2.10. The standard InChI is InChI=1S/C17H17NO5/c1-11(16(19)17(20)21)10-12-2-4-13(5-3-12)14-6-8-15(9-7-14)18(22)23/h2-9,11,16,19H,10H2,1H3,(H,20,21). The van der Waals surface area contributed by atoms with Crippen molar-refractivity contribution in [3.05, 3.63) is 64.2 Å². The first-order chi connectivity index (χ1) is 10.9. The second-order valence-electron chi connectivity index (χ2n) is 5.47. The summed E-state index contributed by atoms with van der Waals surface area (Å²) in [6.07, 6.45) is -0.932. The van der Waals surface area contributed by atoms with Gasteiger partial charge in [-0.25, -0.2) is 4.79 Å². The number of rotatable bonds is 6. The minimum Gasteiger partial charge on any atom is -0.479 e. The van der Waals surface area contributed by atoms with E-state index in [0.717, 1.165) is 16.7 Å². The molecule has 120 valence electrons. The van der Waals surface area contributed by atoms with Crippen LogP contribution in [-0.4, -0.2) is 27.2 Å². The molecule has 0 fully saturated rings. The smallest absolute Gasteiger partial charge is 0.332 e. The fourth-order valence-corrected chi connectivity index (χ4v) is 2.34. The quantitative estimate of drug-likeness (QED) is 0.630. The molecule has 0 bridgehead atoms. The van der Waals surface area contributed by atoms with E-state index in [1.54, 1.807) is 19.1 Å². The van der Waals surface area contributed by atoms with E-state index in [1.807, 2.05) is 24.3 Å². The predicted molar refractivity (Wildman–Crippen MR) is 85.0 cm³/mol. The Labute approximate surface area is 133 Å². The van der Waals surface area contributed by atoms with Gasteiger partial charge in [0.1, 0.15) is 0 Å². The molecule has 2 unspecified atom stereocenters. The maximum atomic E-state index is 10.7. The molecule has 0 saturated carbocycles. The second-order valence-corrected chi connectivity index (χ2v) is 5.47. The number of aliphatic carboxylic acids is 1. The molecule has 0 aromatic heterocycles. The summed E-state index contributed by atoms with van der Waals surface area (Å²) in [6.45, 7) is 1.68. The predicted octanol–water partition coefficient (Wildman–Crippen LogP) is 2.89. The highest BCUT2D eigenvalue weighted by atomic mass is 16.6. The molecule has 0 heterocycles. The summed E-state index contributed by atoms with van der Waals surface area (Å²) in [5.74, 6) is -1.61. The van der Waals surface area contributed by atoms with Crippen LogP contribution in [0.25, 0.3) is 11.1 Å². The van der Waals surface area contributed by atoms with Gasteiger partial charge in [0, 0.05) is 12.1 Å². The van der Waals surface area contributed by atoms with Gasteiger partial charge >= 0.3 is 5.97 Å². The molecule has 6 heteroatoms. The van der Waals surface area contributed by atoms with E-state index in [2.05, 4.69) is 0 Å². The first-order valence-electron chi connectivity index (χ1n) is 7.13. The third-order valence-corrected chi connectivity index (χ3v) is 3.72. The van der Waals surface area contributed by atoms with Crippen LogP contribution in [0.5, 0.6) is 0 Å². The minimum absolute atomic E-state index is 0.0434. The number of carbonyl (C=O) groups is 1. The lowest BCUT2D eigenvalue weighted by Gasteiger charge is -2.15. The summed E-state index contributed by atoms with van der Waals surface area (Å²) in [5, 5.41) is 28.9. The summed E-state index contributed by atoms with van der Waals surface area (Å²) in [5.41, 5.74) is 2.74. The topological polar surface area (TPSA) is 101 Å². The minimum atomic E-state index is -1.38. The van der Waals surface area contributed by atoms with Crippen LogP contribution in [0.2, 0.25) is 0 Å². The highest BCUT2D eigenvalue weighted by molar-refractivity contribution is 5.72. The van der Waals surface area contributed by atoms with Crippen molar-refractivity contribution in [2.24, 2.45) is 5.92 Å². The Kier molecular flexibility index (Phi) is 5.08. The molecule has 2 N–H and O–H groups in total. The van der Waals surface area contributed by atoms with Crippen LogP contribution in [0, 0.1) is 16.0 Å². The summed E-state index contributed by atoms with van der Waals surface area (Å²) in [6, 6.07) is 13.7.